The van der Waals surface area contributed by atoms with Gasteiger partial charge < -0.3 is 115 Å². The van der Waals surface area contributed by atoms with Crippen LogP contribution in [0.2, 0.25) is 0 Å². The van der Waals surface area contributed by atoms with Crippen LogP contribution in [-0.4, -0.2) is 218 Å². The average Bonchev–Trinajstić information content (AvgIpc) is 1.70. The first-order valence-electron chi connectivity index (χ1n) is 39.7. The van der Waals surface area contributed by atoms with Gasteiger partial charge in [-0.1, -0.05) is 113 Å². The lowest BCUT2D eigenvalue weighted by Crippen LogP contribution is -2.62. The number of aliphatic hydroxyl groups excluding tert-OH is 1. The van der Waals surface area contributed by atoms with Crippen LogP contribution in [0.25, 0.3) is 32.7 Å². The third-order valence-corrected chi connectivity index (χ3v) is 20.2. The average molecular weight is 1660 g/mol. The van der Waals surface area contributed by atoms with E-state index in [1.165, 1.54) is 37.6 Å². The van der Waals surface area contributed by atoms with E-state index in [-0.39, 0.29) is 95.0 Å². The molecule has 0 aliphatic heterocycles. The van der Waals surface area contributed by atoms with Gasteiger partial charge in [0.25, 0.3) is 0 Å². The molecule has 0 unspecified atom stereocenters. The highest BCUT2D eigenvalue weighted by Gasteiger charge is 2.38. The molecule has 6 heterocycles. The van der Waals surface area contributed by atoms with Crippen molar-refractivity contribution in [1.82, 2.24) is 109 Å². The molecule has 10 rings (SSSR count). The standard InChI is InChI=1S/C83H104N24O14/c1-45(2)25-62(73(112)94-40-71(109)110)100-78(117)66(29-49-35-92-59-21-12-9-18-55(49)59)103-74(113)61(23-14-24-90-83(85)86)98-75(114)63(26-46(3)4)101-82(121)70(41-108)107-81(120)69(33-53-39-89-44-97-53)105-76(115)64(27-47-15-6-5-7-16-47)102-80(119)68(32-52-38-88-43-96-52)106-79(118)67(30-50-36-93-60-22-13-10-19-56(50)60)104-77(116)65(28-48-34-91-58-20-11-8-17-54(48)58)99-72(111)57(84)31-51-37-87-42-95-51/h5-13,15-22,34-39,42-46,57,61-70,91-93,108H,14,23-33,40-41,84H2,1-4H3,(H,87,95)(H,88,96)(H,89,97)(H,94,112)(H,98,114)(H,99,111)(H,100,117)(H,101,121)(H,102,119)(H,103,113)(H,104,116)(H,105,115)(H,106,118)(H,107,120)(H,109,110)(H4,85,86,90)/t57-,61-,62-,63-,64-,65-,66-,67-,68-,69-,70-/m0/s1. The molecule has 0 aliphatic rings. The lowest BCUT2D eigenvalue weighted by Gasteiger charge is -2.28. The highest BCUT2D eigenvalue weighted by Crippen LogP contribution is 2.24. The van der Waals surface area contributed by atoms with E-state index in [0.29, 0.717) is 55.6 Å². The number of carbonyl (C=O) groups is 12. The maximum atomic E-state index is 15.4. The number of para-hydroxylation sites is 3. The van der Waals surface area contributed by atoms with Gasteiger partial charge >= 0.3 is 5.97 Å². The molecule has 0 saturated heterocycles. The molecule has 11 amide bonds. The normalized spacial score (nSPS) is 14.1. The minimum atomic E-state index is -1.83. The lowest BCUT2D eigenvalue weighted by atomic mass is 10.00. The van der Waals surface area contributed by atoms with Crippen LogP contribution < -0.4 is 75.3 Å². The first-order valence-corrected chi connectivity index (χ1v) is 39.7. The van der Waals surface area contributed by atoms with Gasteiger partial charge in [-0.2, -0.15) is 0 Å². The molecule has 38 heteroatoms. The van der Waals surface area contributed by atoms with Gasteiger partial charge in [-0.25, -0.2) is 15.0 Å². The molecule has 640 valence electrons. The van der Waals surface area contributed by atoms with Crippen LogP contribution in [-0.2, 0) is 102 Å². The number of amides is 11. The summed E-state index contributed by atoms with van der Waals surface area (Å²) in [6.45, 7) is 5.31. The molecule has 25 N–H and O–H groups in total. The fourth-order valence-corrected chi connectivity index (χ4v) is 14.0. The van der Waals surface area contributed by atoms with Gasteiger partial charge in [0.2, 0.25) is 65.0 Å². The Labute approximate surface area is 694 Å². The van der Waals surface area contributed by atoms with Gasteiger partial charge in [0.15, 0.2) is 5.96 Å². The second-order valence-electron chi connectivity index (χ2n) is 30.5. The summed E-state index contributed by atoms with van der Waals surface area (Å²) in [6.07, 6.45) is 12.3. The van der Waals surface area contributed by atoms with Crippen molar-refractivity contribution in [2.75, 3.05) is 19.7 Å². The van der Waals surface area contributed by atoms with Crippen LogP contribution in [0.5, 0.6) is 0 Å². The largest absolute Gasteiger partial charge is 0.480 e. The molecule has 6 aromatic heterocycles. The van der Waals surface area contributed by atoms with Crippen LogP contribution in [0.3, 0.4) is 0 Å². The van der Waals surface area contributed by atoms with Gasteiger partial charge in [0, 0.05) is 138 Å². The smallest absolute Gasteiger partial charge is 0.322 e. The number of nitrogens with one attached hydrogen (secondary N) is 19. The number of carbonyl (C=O) groups excluding carboxylic acids is 11. The molecule has 10 aromatic rings. The third-order valence-electron chi connectivity index (χ3n) is 20.2. The van der Waals surface area contributed by atoms with Crippen LogP contribution in [0.15, 0.2) is 159 Å². The Hall–Kier alpha value is -14.0. The van der Waals surface area contributed by atoms with E-state index < -0.39 is 151 Å². The van der Waals surface area contributed by atoms with Crippen LogP contribution >= 0.6 is 0 Å². The number of carboxylic acids is 1. The summed E-state index contributed by atoms with van der Waals surface area (Å²) >= 11 is 0. The highest BCUT2D eigenvalue weighted by molar-refractivity contribution is 6.01. The molecule has 0 saturated carbocycles. The molecule has 0 radical (unpaired) electrons. The van der Waals surface area contributed by atoms with Crippen molar-refractivity contribution in [2.45, 2.75) is 165 Å². The highest BCUT2D eigenvalue weighted by atomic mass is 16.4. The molecular formula is C83H104N24O14. The molecule has 0 bridgehead atoms. The van der Waals surface area contributed by atoms with E-state index in [0.717, 1.165) is 16.4 Å². The number of H-pyrrole nitrogens is 6. The third kappa shape index (κ3) is 26.2. The first kappa shape index (κ1) is 89.3. The molecule has 0 aliphatic carbocycles. The number of nitrogens with two attached hydrogens (primary N) is 2. The fourth-order valence-electron chi connectivity index (χ4n) is 14.0. The van der Waals surface area contributed by atoms with Gasteiger partial charge in [0.05, 0.1) is 31.6 Å². The minimum Gasteiger partial charge on any atom is -0.480 e. The van der Waals surface area contributed by atoms with Crippen LogP contribution in [0.1, 0.15) is 92.7 Å². The molecule has 0 spiro atoms. The SMILES string of the molecule is CC(C)C[C@H](NC(=O)[C@H](Cc1c[nH]c2ccccc12)NC(=O)[C@H](CCCNC(=N)N)NC(=O)[C@H](CC(C)C)NC(=O)[C@H](CO)NC(=O)[C@H](Cc1cnc[nH]1)NC(=O)[C@H](Cc1ccccc1)NC(=O)[C@H](Cc1cnc[nH]1)NC(=O)[C@H](Cc1c[nH]c2ccccc12)NC(=O)[C@H](Cc1c[nH]c2ccccc12)NC(=O)[C@@H](N)Cc1cnc[nH]1)C(=O)NCC(=O)O. The number of imidazole rings is 3. The Bertz CT molecular complexity index is 5180. The van der Waals surface area contributed by atoms with Gasteiger partial charge in [-0.15, -0.1) is 0 Å². The molecule has 38 nitrogen and oxygen atoms in total. The number of hydrogen-bond donors (Lipinski definition) is 23. The van der Waals surface area contributed by atoms with Crippen molar-refractivity contribution in [2.24, 2.45) is 23.3 Å². The molecule has 121 heavy (non-hydrogen) atoms. The Kier molecular flexibility index (Phi) is 32.0. The van der Waals surface area contributed by atoms with E-state index in [1.807, 2.05) is 42.5 Å². The first-order chi connectivity index (χ1) is 58.1. The summed E-state index contributed by atoms with van der Waals surface area (Å²) < 4.78 is 0. The number of carboxylic acid groups (broad SMARTS) is 1. The Morgan fingerprint density at radius 3 is 1.11 bits per heavy atom. The number of benzene rings is 4. The predicted molar refractivity (Wildman–Crippen MR) is 446 cm³/mol. The zero-order valence-electron chi connectivity index (χ0n) is 67.2. The number of aliphatic hydroxyl groups is 1. The molecule has 11 atom stereocenters. The monoisotopic (exact) mass is 1660 g/mol. The Balaban J connectivity index is 0.879. The summed E-state index contributed by atoms with van der Waals surface area (Å²) in [7, 11) is 0. The summed E-state index contributed by atoms with van der Waals surface area (Å²) in [5, 5.41) is 62.6. The predicted octanol–water partition coefficient (Wildman–Crippen LogP) is 0.0224. The van der Waals surface area contributed by atoms with Crippen molar-refractivity contribution in [3.8, 4) is 0 Å². The fraction of sp³-hybridized carbons (Fsp3) is 0.373. The Morgan fingerprint density at radius 1 is 0.388 bits per heavy atom. The van der Waals surface area contributed by atoms with E-state index in [1.54, 1.807) is 107 Å². The van der Waals surface area contributed by atoms with Gasteiger partial charge in [0.1, 0.15) is 67.0 Å². The van der Waals surface area contributed by atoms with Crippen molar-refractivity contribution < 1.29 is 67.7 Å². The maximum Gasteiger partial charge on any atom is 0.322 e. The van der Waals surface area contributed by atoms with E-state index in [2.05, 4.69) is 109 Å². The van der Waals surface area contributed by atoms with Gasteiger partial charge in [-0.05, 0) is 78.0 Å². The summed E-state index contributed by atoms with van der Waals surface area (Å²) in [5.41, 5.74) is 17.8. The summed E-state index contributed by atoms with van der Waals surface area (Å²) in [6, 6.07) is 14.2. The number of hydrogen-bond acceptors (Lipinski definition) is 18. The topological polar surface area (TPSA) is 599 Å². The lowest BCUT2D eigenvalue weighted by molar-refractivity contribution is -0.138. The van der Waals surface area contributed by atoms with Crippen molar-refractivity contribution in [3.05, 3.63) is 199 Å². The number of nitrogens with zero attached hydrogens (tertiary/aromatic N) is 3. The minimum absolute atomic E-state index is 0.0448. The number of aromatic amines is 6. The van der Waals surface area contributed by atoms with E-state index in [4.69, 9.17) is 16.9 Å². The van der Waals surface area contributed by atoms with Crippen LogP contribution in [0, 0.1) is 17.2 Å². The van der Waals surface area contributed by atoms with Crippen LogP contribution in [0.4, 0.5) is 0 Å². The van der Waals surface area contributed by atoms with E-state index >= 15 is 19.2 Å². The second kappa shape index (κ2) is 43.4. The van der Waals surface area contributed by atoms with Gasteiger partial charge in [-0.3, -0.25) is 62.9 Å². The van der Waals surface area contributed by atoms with Crippen molar-refractivity contribution in [1.29, 1.82) is 5.41 Å². The zero-order valence-corrected chi connectivity index (χ0v) is 67.2. The molecule has 0 fully saturated rings. The number of fused-ring (bicyclic) bond motifs is 3. The zero-order chi connectivity index (χ0) is 86.7. The maximum absolute atomic E-state index is 15.4. The molecule has 4 aromatic carbocycles. The summed E-state index contributed by atoms with van der Waals surface area (Å²) in [4.78, 5) is 204. The summed E-state index contributed by atoms with van der Waals surface area (Å²) in [5.74, 6) is -12.0. The number of aromatic nitrogens is 9. The van der Waals surface area contributed by atoms with Crippen molar-refractivity contribution >= 4 is 110 Å². The van der Waals surface area contributed by atoms with Crippen molar-refractivity contribution in [3.63, 3.8) is 0 Å². The second-order valence-corrected chi connectivity index (χ2v) is 30.5. The quantitative estimate of drug-likeness (QED) is 0.0136. The Morgan fingerprint density at radius 2 is 0.719 bits per heavy atom. The number of aliphatic carboxylic acids is 1. The number of rotatable bonds is 46. The molecular weight excluding hydrogens is 1560 g/mol. The number of guanidine groups is 1. The van der Waals surface area contributed by atoms with E-state index in [9.17, 15) is 48.6 Å².